The predicted molar refractivity (Wildman–Crippen MR) is 100 cm³/mol. The Balaban J connectivity index is 1.57. The van der Waals surface area contributed by atoms with Crippen LogP contribution in [0.15, 0.2) is 42.5 Å². The molecule has 3 aromatic rings. The van der Waals surface area contributed by atoms with Gasteiger partial charge in [0.2, 0.25) is 5.91 Å². The van der Waals surface area contributed by atoms with Gasteiger partial charge in [0, 0.05) is 28.2 Å². The fourth-order valence-corrected chi connectivity index (χ4v) is 3.63. The molecule has 0 fully saturated rings. The maximum Gasteiger partial charge on any atom is 0.227 e. The molecule has 1 heterocycles. The molecule has 4 heteroatoms. The number of aromatic nitrogens is 1. The lowest BCUT2D eigenvalue weighted by Gasteiger charge is -2.22. The lowest BCUT2D eigenvalue weighted by Crippen LogP contribution is -2.28. The molecule has 1 aliphatic carbocycles. The van der Waals surface area contributed by atoms with E-state index in [4.69, 9.17) is 4.74 Å². The van der Waals surface area contributed by atoms with E-state index in [0.29, 0.717) is 0 Å². The Hall–Kier alpha value is -2.75. The van der Waals surface area contributed by atoms with Gasteiger partial charge in [0.25, 0.3) is 0 Å². The predicted octanol–water partition coefficient (Wildman–Crippen LogP) is 4.23. The molecular weight excluding hydrogens is 312 g/mol. The van der Waals surface area contributed by atoms with E-state index in [2.05, 4.69) is 16.4 Å². The summed E-state index contributed by atoms with van der Waals surface area (Å²) in [6, 6.07) is 14.0. The van der Waals surface area contributed by atoms with Crippen molar-refractivity contribution in [2.24, 2.45) is 5.92 Å². The van der Waals surface area contributed by atoms with Gasteiger partial charge in [-0.3, -0.25) is 4.79 Å². The molecule has 0 aliphatic heterocycles. The van der Waals surface area contributed by atoms with Gasteiger partial charge in [-0.1, -0.05) is 17.7 Å². The number of aromatic amines is 1. The van der Waals surface area contributed by atoms with Crippen molar-refractivity contribution in [3.63, 3.8) is 0 Å². The second kappa shape index (κ2) is 6.28. The number of H-pyrrole nitrogens is 1. The van der Waals surface area contributed by atoms with Gasteiger partial charge in [0.1, 0.15) is 5.75 Å². The average molecular weight is 334 g/mol. The molecular formula is C21H22N2O2. The number of hydrogen-bond acceptors (Lipinski definition) is 2. The van der Waals surface area contributed by atoms with E-state index in [1.807, 2.05) is 43.3 Å². The first-order valence-corrected chi connectivity index (χ1v) is 8.69. The Labute approximate surface area is 147 Å². The summed E-state index contributed by atoms with van der Waals surface area (Å²) >= 11 is 0. The molecule has 4 rings (SSSR count). The summed E-state index contributed by atoms with van der Waals surface area (Å²) in [5.41, 5.74) is 5.67. The molecule has 4 nitrogen and oxygen atoms in total. The number of ether oxygens (including phenoxy) is 1. The van der Waals surface area contributed by atoms with Crippen molar-refractivity contribution < 1.29 is 9.53 Å². The van der Waals surface area contributed by atoms with E-state index >= 15 is 0 Å². The van der Waals surface area contributed by atoms with Crippen molar-refractivity contribution >= 4 is 22.5 Å². The third-order valence-electron chi connectivity index (χ3n) is 5.08. The highest BCUT2D eigenvalue weighted by atomic mass is 16.5. The van der Waals surface area contributed by atoms with Crippen molar-refractivity contribution in [3.05, 3.63) is 59.3 Å². The van der Waals surface area contributed by atoms with Crippen molar-refractivity contribution in [2.75, 3.05) is 12.4 Å². The highest BCUT2D eigenvalue weighted by Crippen LogP contribution is 2.34. The number of anilines is 1. The molecule has 0 spiro atoms. The topological polar surface area (TPSA) is 54.1 Å². The summed E-state index contributed by atoms with van der Waals surface area (Å²) in [6.45, 7) is 2.04. The van der Waals surface area contributed by atoms with Crippen molar-refractivity contribution in [2.45, 2.75) is 26.2 Å². The standard InChI is InChI=1S/C21H22N2O2/c1-13-3-6-15(7-4-13)22-21(24)14-5-9-19-17(11-14)18-12-16(25-2)8-10-20(18)23-19/h3-4,6-8,10,12,14,23H,5,9,11H2,1-2H3,(H,22,24). The molecule has 1 atom stereocenters. The fraction of sp³-hybridized carbons (Fsp3) is 0.286. The van der Waals surface area contributed by atoms with Crippen LogP contribution < -0.4 is 10.1 Å². The number of hydrogen-bond donors (Lipinski definition) is 2. The van der Waals surface area contributed by atoms with E-state index in [0.717, 1.165) is 36.2 Å². The van der Waals surface area contributed by atoms with Gasteiger partial charge in [-0.2, -0.15) is 0 Å². The van der Waals surface area contributed by atoms with Crippen LogP contribution in [-0.4, -0.2) is 18.0 Å². The Morgan fingerprint density at radius 2 is 2.00 bits per heavy atom. The summed E-state index contributed by atoms with van der Waals surface area (Å²) in [7, 11) is 1.68. The number of rotatable bonds is 3. The second-order valence-electron chi connectivity index (χ2n) is 6.79. The monoisotopic (exact) mass is 334 g/mol. The minimum absolute atomic E-state index is 0.000922. The summed E-state index contributed by atoms with van der Waals surface area (Å²) < 4.78 is 5.35. The van der Waals surface area contributed by atoms with E-state index in [1.165, 1.54) is 22.2 Å². The number of carbonyl (C=O) groups is 1. The van der Waals surface area contributed by atoms with Crippen molar-refractivity contribution in [3.8, 4) is 5.75 Å². The Morgan fingerprint density at radius 3 is 2.76 bits per heavy atom. The van der Waals surface area contributed by atoms with Gasteiger partial charge < -0.3 is 15.0 Å². The molecule has 2 aromatic carbocycles. The molecule has 0 bridgehead atoms. The zero-order chi connectivity index (χ0) is 17.4. The third kappa shape index (κ3) is 3.00. The number of carbonyl (C=O) groups excluding carboxylic acids is 1. The minimum Gasteiger partial charge on any atom is -0.497 e. The van der Waals surface area contributed by atoms with Crippen LogP contribution in [0.1, 0.15) is 23.2 Å². The molecule has 0 saturated heterocycles. The smallest absolute Gasteiger partial charge is 0.227 e. The Bertz CT molecular complexity index is 925. The first-order chi connectivity index (χ1) is 12.1. The molecule has 1 amide bonds. The van der Waals surface area contributed by atoms with E-state index in [1.54, 1.807) is 7.11 Å². The average Bonchev–Trinajstić information content (AvgIpc) is 3.00. The summed E-state index contributed by atoms with van der Waals surface area (Å²) in [5.74, 6) is 0.950. The number of benzene rings is 2. The molecule has 0 radical (unpaired) electrons. The molecule has 1 aliphatic rings. The van der Waals surface area contributed by atoms with Gasteiger partial charge in [-0.15, -0.1) is 0 Å². The lowest BCUT2D eigenvalue weighted by molar-refractivity contribution is -0.120. The molecule has 1 unspecified atom stereocenters. The minimum atomic E-state index is -0.000922. The quantitative estimate of drug-likeness (QED) is 0.753. The number of fused-ring (bicyclic) bond motifs is 3. The normalized spacial score (nSPS) is 16.5. The molecule has 25 heavy (non-hydrogen) atoms. The van der Waals surface area contributed by atoms with Crippen LogP contribution in [0.2, 0.25) is 0 Å². The molecule has 128 valence electrons. The highest BCUT2D eigenvalue weighted by molar-refractivity contribution is 5.94. The van der Waals surface area contributed by atoms with E-state index < -0.39 is 0 Å². The lowest BCUT2D eigenvalue weighted by atomic mass is 9.85. The van der Waals surface area contributed by atoms with E-state index in [-0.39, 0.29) is 11.8 Å². The first-order valence-electron chi connectivity index (χ1n) is 8.69. The third-order valence-corrected chi connectivity index (χ3v) is 5.08. The van der Waals surface area contributed by atoms with Crippen LogP contribution in [0.5, 0.6) is 5.75 Å². The highest BCUT2D eigenvalue weighted by Gasteiger charge is 2.27. The van der Waals surface area contributed by atoms with Crippen molar-refractivity contribution in [1.82, 2.24) is 4.98 Å². The van der Waals surface area contributed by atoms with Crippen LogP contribution in [0.4, 0.5) is 5.69 Å². The van der Waals surface area contributed by atoms with Crippen LogP contribution in [0.3, 0.4) is 0 Å². The summed E-state index contributed by atoms with van der Waals surface area (Å²) in [4.78, 5) is 16.2. The van der Waals surface area contributed by atoms with Gasteiger partial charge >= 0.3 is 0 Å². The van der Waals surface area contributed by atoms with Gasteiger partial charge in [-0.25, -0.2) is 0 Å². The van der Waals surface area contributed by atoms with Crippen LogP contribution in [-0.2, 0) is 17.6 Å². The largest absolute Gasteiger partial charge is 0.497 e. The van der Waals surface area contributed by atoms with Crippen LogP contribution in [0.25, 0.3) is 10.9 Å². The van der Waals surface area contributed by atoms with Crippen LogP contribution in [0, 0.1) is 12.8 Å². The maximum atomic E-state index is 12.7. The summed E-state index contributed by atoms with van der Waals surface area (Å²) in [5, 5.41) is 4.23. The molecule has 2 N–H and O–H groups in total. The van der Waals surface area contributed by atoms with Gasteiger partial charge in [0.05, 0.1) is 7.11 Å². The Kier molecular flexibility index (Phi) is 3.96. The van der Waals surface area contributed by atoms with Gasteiger partial charge in [0.15, 0.2) is 0 Å². The second-order valence-corrected chi connectivity index (χ2v) is 6.79. The number of methoxy groups -OCH3 is 1. The molecule has 0 saturated carbocycles. The van der Waals surface area contributed by atoms with Crippen LogP contribution >= 0.6 is 0 Å². The molecule has 1 aromatic heterocycles. The maximum absolute atomic E-state index is 12.7. The number of amides is 1. The first kappa shape index (κ1) is 15.8. The van der Waals surface area contributed by atoms with Gasteiger partial charge in [-0.05, 0) is 62.1 Å². The zero-order valence-electron chi connectivity index (χ0n) is 14.6. The van der Waals surface area contributed by atoms with Crippen molar-refractivity contribution in [1.29, 1.82) is 0 Å². The Morgan fingerprint density at radius 1 is 1.20 bits per heavy atom. The SMILES string of the molecule is COc1ccc2[nH]c3c(c2c1)CC(C(=O)Nc1ccc(C)cc1)CC3. The van der Waals surface area contributed by atoms with E-state index in [9.17, 15) is 4.79 Å². The number of aryl methyl sites for hydroxylation is 2. The zero-order valence-corrected chi connectivity index (χ0v) is 14.6. The fourth-order valence-electron chi connectivity index (χ4n) is 3.63. The summed E-state index contributed by atoms with van der Waals surface area (Å²) in [6.07, 6.45) is 2.53. The number of nitrogens with one attached hydrogen (secondary N) is 2.